The highest BCUT2D eigenvalue weighted by Gasteiger charge is 2.51. The van der Waals surface area contributed by atoms with E-state index >= 15 is 0 Å². The van der Waals surface area contributed by atoms with Crippen molar-refractivity contribution in [1.82, 2.24) is 30.3 Å². The summed E-state index contributed by atoms with van der Waals surface area (Å²) >= 11 is 0. The van der Waals surface area contributed by atoms with Gasteiger partial charge >= 0.3 is 23.9 Å². The third-order valence-corrected chi connectivity index (χ3v) is 5.64. The van der Waals surface area contributed by atoms with E-state index in [1.54, 1.807) is 0 Å². The quantitative estimate of drug-likeness (QED) is 0.143. The van der Waals surface area contributed by atoms with Crippen molar-refractivity contribution in [1.29, 1.82) is 0 Å². The molecule has 0 saturated carbocycles. The van der Waals surface area contributed by atoms with Crippen LogP contribution in [0.4, 0.5) is 16.6 Å². The molecule has 4 atom stereocenters. The molecule has 4 N–H and O–H groups in total. The standard InChI is InChI=1S/C24H27N9O8/c1-12(34)38-10-16-18(39-13(2)35)19(40-14(3)36)22(41-16)33-11-27-17-20(25)28-23(29-21(17)33)30-32-31-24(37)26-9-15-7-5-4-6-8-15/h4-8,11,16,18-19,22H,9-10H2,1-3H3,(H4,25,26,28,29,30,31,37)/t16-,18-,19-,22-/m1/s1. The van der Waals surface area contributed by atoms with Crippen molar-refractivity contribution in [2.75, 3.05) is 12.3 Å². The van der Waals surface area contributed by atoms with E-state index in [2.05, 4.69) is 36.0 Å². The van der Waals surface area contributed by atoms with Crippen LogP contribution in [0.2, 0.25) is 0 Å². The van der Waals surface area contributed by atoms with Crippen LogP contribution in [0.15, 0.2) is 47.0 Å². The molecule has 1 aromatic carbocycles. The Balaban J connectivity index is 1.57. The number of fused-ring (bicyclic) bond motifs is 1. The average molecular weight is 570 g/mol. The van der Waals surface area contributed by atoms with Gasteiger partial charge in [0.05, 0.1) is 6.33 Å². The fourth-order valence-corrected chi connectivity index (χ4v) is 4.01. The number of nitrogens with two attached hydrogens (primary N) is 1. The van der Waals surface area contributed by atoms with E-state index in [0.717, 1.165) is 5.56 Å². The SMILES string of the molecule is CC(=O)OC[C@H]1O[C@@H](n2cnc3c(N)nc(/N=N/NC(=O)NCc4ccccc4)nc32)[C@H](OC(C)=O)[C@@H]1OC(C)=O. The number of nitrogen functional groups attached to an aromatic ring is 1. The highest BCUT2D eigenvalue weighted by Crippen LogP contribution is 2.36. The number of nitrogens with one attached hydrogen (secondary N) is 2. The number of nitrogens with zero attached hydrogens (tertiary/aromatic N) is 6. The molecule has 0 bridgehead atoms. The molecule has 17 nitrogen and oxygen atoms in total. The molecule has 4 rings (SSSR count). The number of amides is 2. The molecule has 0 radical (unpaired) electrons. The molecule has 3 heterocycles. The molecule has 1 aliphatic rings. The monoisotopic (exact) mass is 569 g/mol. The van der Waals surface area contributed by atoms with Gasteiger partial charge in [0.2, 0.25) is 0 Å². The van der Waals surface area contributed by atoms with Crippen LogP contribution in [-0.2, 0) is 39.9 Å². The van der Waals surface area contributed by atoms with Gasteiger partial charge in [-0.2, -0.15) is 9.97 Å². The molecule has 2 aromatic heterocycles. The van der Waals surface area contributed by atoms with E-state index in [-0.39, 0.29) is 36.1 Å². The topological polar surface area (TPSA) is 224 Å². The lowest BCUT2D eigenvalue weighted by molar-refractivity contribution is -0.166. The molecule has 1 aliphatic heterocycles. The van der Waals surface area contributed by atoms with Crippen LogP contribution in [0.1, 0.15) is 32.6 Å². The molecule has 1 fully saturated rings. The van der Waals surface area contributed by atoms with Crippen molar-refractivity contribution < 1.29 is 38.1 Å². The Morgan fingerprint density at radius 3 is 2.41 bits per heavy atom. The van der Waals surface area contributed by atoms with Gasteiger partial charge in [-0.15, -0.1) is 0 Å². The number of carbonyl (C=O) groups is 4. The van der Waals surface area contributed by atoms with Crippen molar-refractivity contribution in [2.45, 2.75) is 51.9 Å². The zero-order valence-corrected chi connectivity index (χ0v) is 22.2. The minimum absolute atomic E-state index is 0.0636. The third-order valence-electron chi connectivity index (χ3n) is 5.64. The van der Waals surface area contributed by atoms with Gasteiger partial charge in [0, 0.05) is 27.3 Å². The number of aromatic nitrogens is 4. The molecule has 0 spiro atoms. The maximum absolute atomic E-state index is 12.0. The van der Waals surface area contributed by atoms with Crippen molar-refractivity contribution in [2.24, 2.45) is 10.3 Å². The second kappa shape index (κ2) is 12.8. The van der Waals surface area contributed by atoms with Gasteiger partial charge in [0.25, 0.3) is 5.95 Å². The normalized spacial score (nSPS) is 20.1. The van der Waals surface area contributed by atoms with E-state index in [0.29, 0.717) is 0 Å². The van der Waals surface area contributed by atoms with Gasteiger partial charge in [-0.3, -0.25) is 19.0 Å². The highest BCUT2D eigenvalue weighted by atomic mass is 16.7. The number of esters is 3. The van der Waals surface area contributed by atoms with Gasteiger partial charge in [0.1, 0.15) is 18.2 Å². The predicted octanol–water partition coefficient (Wildman–Crippen LogP) is 1.23. The van der Waals surface area contributed by atoms with Crippen LogP contribution in [-0.4, -0.2) is 68.4 Å². The first kappa shape index (κ1) is 28.8. The molecule has 0 unspecified atom stereocenters. The van der Waals surface area contributed by atoms with Gasteiger partial charge in [-0.05, 0) is 5.56 Å². The zero-order valence-electron chi connectivity index (χ0n) is 22.2. The predicted molar refractivity (Wildman–Crippen MR) is 138 cm³/mol. The summed E-state index contributed by atoms with van der Waals surface area (Å²) in [7, 11) is 0. The number of carbonyl (C=O) groups excluding carboxylic acids is 4. The van der Waals surface area contributed by atoms with E-state index in [1.165, 1.54) is 31.7 Å². The smallest absolute Gasteiger partial charge is 0.336 e. The molecule has 216 valence electrons. The zero-order chi connectivity index (χ0) is 29.5. The molecule has 17 heteroatoms. The van der Waals surface area contributed by atoms with Crippen LogP contribution < -0.4 is 16.5 Å². The Kier molecular flexibility index (Phi) is 8.98. The Bertz CT molecular complexity index is 1460. The largest absolute Gasteiger partial charge is 0.463 e. The van der Waals surface area contributed by atoms with E-state index in [4.69, 9.17) is 24.7 Å². The first-order valence-corrected chi connectivity index (χ1v) is 12.2. The second-order valence-corrected chi connectivity index (χ2v) is 8.73. The first-order valence-electron chi connectivity index (χ1n) is 12.2. The molecule has 41 heavy (non-hydrogen) atoms. The fraction of sp³-hybridized carbons (Fsp3) is 0.375. The van der Waals surface area contributed by atoms with Crippen molar-refractivity contribution >= 4 is 46.9 Å². The molecule has 0 aliphatic carbocycles. The van der Waals surface area contributed by atoms with Gasteiger partial charge in [0.15, 0.2) is 29.9 Å². The van der Waals surface area contributed by atoms with Crippen molar-refractivity contribution in [3.05, 3.63) is 42.2 Å². The van der Waals surface area contributed by atoms with Gasteiger partial charge in [-0.25, -0.2) is 15.2 Å². The Hall–Kier alpha value is -5.19. The minimum Gasteiger partial charge on any atom is -0.463 e. The van der Waals surface area contributed by atoms with Crippen molar-refractivity contribution in [3.63, 3.8) is 0 Å². The number of hydrogen-bond acceptors (Lipinski definition) is 14. The summed E-state index contributed by atoms with van der Waals surface area (Å²) in [6.07, 6.45) is -3.12. The van der Waals surface area contributed by atoms with Gasteiger partial charge in [-0.1, -0.05) is 40.7 Å². The van der Waals surface area contributed by atoms with Crippen LogP contribution in [0.3, 0.4) is 0 Å². The van der Waals surface area contributed by atoms with Crippen LogP contribution in [0.25, 0.3) is 11.2 Å². The minimum atomic E-state index is -1.18. The summed E-state index contributed by atoms with van der Waals surface area (Å²) in [6, 6.07) is 8.64. The van der Waals surface area contributed by atoms with Crippen LogP contribution >= 0.6 is 0 Å². The number of imidazole rings is 1. The Morgan fingerprint density at radius 1 is 1.02 bits per heavy atom. The summed E-state index contributed by atoms with van der Waals surface area (Å²) in [4.78, 5) is 59.8. The lowest BCUT2D eigenvalue weighted by Gasteiger charge is -2.23. The highest BCUT2D eigenvalue weighted by molar-refractivity contribution is 5.82. The number of ether oxygens (including phenoxy) is 4. The maximum Gasteiger partial charge on any atom is 0.336 e. The molecule has 2 amide bonds. The number of hydrogen-bond donors (Lipinski definition) is 3. The maximum atomic E-state index is 12.0. The summed E-state index contributed by atoms with van der Waals surface area (Å²) < 4.78 is 23.3. The molecule has 3 aromatic rings. The number of urea groups is 1. The average Bonchev–Trinajstić information content (AvgIpc) is 3.48. The van der Waals surface area contributed by atoms with E-state index in [1.807, 2.05) is 30.3 Å². The fourth-order valence-electron chi connectivity index (χ4n) is 4.01. The third kappa shape index (κ3) is 7.27. The van der Waals surface area contributed by atoms with Gasteiger partial charge < -0.3 is 30.0 Å². The number of rotatable bonds is 9. The van der Waals surface area contributed by atoms with Crippen LogP contribution in [0, 0.1) is 0 Å². The Labute approximate surface area is 232 Å². The van der Waals surface area contributed by atoms with E-state index < -0.39 is 48.5 Å². The summed E-state index contributed by atoms with van der Waals surface area (Å²) in [5.41, 5.74) is 9.42. The molecular weight excluding hydrogens is 542 g/mol. The lowest BCUT2D eigenvalue weighted by atomic mass is 10.1. The Morgan fingerprint density at radius 2 is 1.73 bits per heavy atom. The van der Waals surface area contributed by atoms with E-state index in [9.17, 15) is 19.2 Å². The lowest BCUT2D eigenvalue weighted by Crippen LogP contribution is -2.40. The molecular formula is C24H27N9O8. The number of anilines is 1. The summed E-state index contributed by atoms with van der Waals surface area (Å²) in [6.45, 7) is 3.54. The molecule has 1 saturated heterocycles. The second-order valence-electron chi connectivity index (χ2n) is 8.73. The summed E-state index contributed by atoms with van der Waals surface area (Å²) in [5.74, 6) is -2.23. The van der Waals surface area contributed by atoms with Crippen molar-refractivity contribution in [3.8, 4) is 0 Å². The number of benzene rings is 1. The summed E-state index contributed by atoms with van der Waals surface area (Å²) in [5, 5.41) is 10.0. The van der Waals surface area contributed by atoms with Crippen LogP contribution in [0.5, 0.6) is 0 Å². The first-order chi connectivity index (χ1) is 19.6.